The second-order valence-electron chi connectivity index (χ2n) is 8.80. The quantitative estimate of drug-likeness (QED) is 0.268. The summed E-state index contributed by atoms with van der Waals surface area (Å²) in [6.07, 6.45) is 3.87. The molecule has 0 radical (unpaired) electrons. The van der Waals surface area contributed by atoms with Crippen LogP contribution in [0.4, 0.5) is 14.9 Å². The van der Waals surface area contributed by atoms with Gasteiger partial charge in [-0.15, -0.1) is 0 Å². The summed E-state index contributed by atoms with van der Waals surface area (Å²) in [5.41, 5.74) is 1.15. The highest BCUT2D eigenvalue weighted by Crippen LogP contribution is 2.25. The van der Waals surface area contributed by atoms with Crippen molar-refractivity contribution in [1.82, 2.24) is 14.5 Å². The van der Waals surface area contributed by atoms with Crippen LogP contribution in [0.25, 0.3) is 16.6 Å². The standard InChI is InChI=1S/C29H31FN4O2/c1-3-4-5-13-20-33(29(36)32-26-19-12-10-17-24(26)30)21(2)27-31-25-18-11-9-16-23(25)28(35)34(27)22-14-7-6-8-15-22/h6-12,14-19,21H,3-5,13,20H2,1-2H3,(H,32,36). The summed E-state index contributed by atoms with van der Waals surface area (Å²) in [7, 11) is 0. The molecule has 0 aliphatic carbocycles. The zero-order valence-corrected chi connectivity index (χ0v) is 20.7. The Labute approximate surface area is 210 Å². The van der Waals surface area contributed by atoms with E-state index in [1.54, 1.807) is 33.7 Å². The predicted octanol–water partition coefficient (Wildman–Crippen LogP) is 6.70. The highest BCUT2D eigenvalue weighted by molar-refractivity contribution is 5.89. The molecule has 0 fully saturated rings. The number of hydrogen-bond donors (Lipinski definition) is 1. The molecule has 0 bridgehead atoms. The summed E-state index contributed by atoms with van der Waals surface area (Å²) in [4.78, 5) is 33.6. The number of unbranched alkanes of at least 4 members (excludes halogenated alkanes) is 3. The lowest BCUT2D eigenvalue weighted by Gasteiger charge is -2.31. The lowest BCUT2D eigenvalue weighted by molar-refractivity contribution is 0.187. The third-order valence-electron chi connectivity index (χ3n) is 6.29. The van der Waals surface area contributed by atoms with Crippen molar-refractivity contribution in [3.05, 3.63) is 101 Å². The summed E-state index contributed by atoms with van der Waals surface area (Å²) in [5, 5.41) is 3.21. The Bertz CT molecular complexity index is 1390. The van der Waals surface area contributed by atoms with Gasteiger partial charge in [0.2, 0.25) is 0 Å². The molecule has 1 heterocycles. The van der Waals surface area contributed by atoms with Gasteiger partial charge in [0.15, 0.2) is 0 Å². The van der Waals surface area contributed by atoms with E-state index >= 15 is 0 Å². The molecule has 0 saturated carbocycles. The van der Waals surface area contributed by atoms with Gasteiger partial charge in [-0.05, 0) is 49.7 Å². The molecule has 3 aromatic carbocycles. The fourth-order valence-electron chi connectivity index (χ4n) is 4.33. The number of nitrogens with zero attached hydrogens (tertiary/aromatic N) is 3. The van der Waals surface area contributed by atoms with E-state index in [2.05, 4.69) is 12.2 Å². The van der Waals surface area contributed by atoms with E-state index in [4.69, 9.17) is 4.98 Å². The first-order valence-corrected chi connectivity index (χ1v) is 12.4. The summed E-state index contributed by atoms with van der Waals surface area (Å²) in [6, 6.07) is 21.6. The van der Waals surface area contributed by atoms with E-state index in [1.807, 2.05) is 49.4 Å². The summed E-state index contributed by atoms with van der Waals surface area (Å²) < 4.78 is 15.9. The molecular weight excluding hydrogens is 455 g/mol. The van der Waals surface area contributed by atoms with Gasteiger partial charge in [-0.2, -0.15) is 0 Å². The smallest absolute Gasteiger partial charge is 0.315 e. The van der Waals surface area contributed by atoms with Gasteiger partial charge in [-0.25, -0.2) is 14.2 Å². The van der Waals surface area contributed by atoms with Gasteiger partial charge in [-0.1, -0.05) is 68.7 Å². The molecule has 186 valence electrons. The van der Waals surface area contributed by atoms with E-state index in [9.17, 15) is 14.0 Å². The topological polar surface area (TPSA) is 67.2 Å². The molecule has 0 saturated heterocycles. The molecule has 0 aliphatic heterocycles. The fraction of sp³-hybridized carbons (Fsp3) is 0.276. The van der Waals surface area contributed by atoms with Crippen molar-refractivity contribution in [2.75, 3.05) is 11.9 Å². The van der Waals surface area contributed by atoms with Crippen molar-refractivity contribution in [2.24, 2.45) is 0 Å². The van der Waals surface area contributed by atoms with Crippen LogP contribution in [0.15, 0.2) is 83.7 Å². The maximum Gasteiger partial charge on any atom is 0.322 e. The molecule has 1 atom stereocenters. The number of halogens is 1. The second-order valence-corrected chi connectivity index (χ2v) is 8.80. The number of benzene rings is 3. The number of urea groups is 1. The molecule has 4 rings (SSSR count). The number of nitrogens with one attached hydrogen (secondary N) is 1. The number of amides is 2. The van der Waals surface area contributed by atoms with Crippen molar-refractivity contribution in [2.45, 2.75) is 45.6 Å². The molecule has 1 unspecified atom stereocenters. The average Bonchev–Trinajstić information content (AvgIpc) is 2.90. The Morgan fingerprint density at radius 2 is 1.67 bits per heavy atom. The van der Waals surface area contributed by atoms with Crippen molar-refractivity contribution < 1.29 is 9.18 Å². The van der Waals surface area contributed by atoms with Crippen LogP contribution < -0.4 is 10.9 Å². The summed E-state index contributed by atoms with van der Waals surface area (Å²) in [5.74, 6) is -0.0569. The zero-order valence-electron chi connectivity index (χ0n) is 20.7. The van der Waals surface area contributed by atoms with Gasteiger partial charge >= 0.3 is 6.03 Å². The van der Waals surface area contributed by atoms with Crippen LogP contribution in [0.1, 0.15) is 51.4 Å². The molecule has 1 aromatic heterocycles. The number of para-hydroxylation sites is 3. The van der Waals surface area contributed by atoms with Crippen LogP contribution in [0, 0.1) is 5.82 Å². The van der Waals surface area contributed by atoms with E-state index < -0.39 is 17.9 Å². The van der Waals surface area contributed by atoms with Crippen LogP contribution >= 0.6 is 0 Å². The first-order valence-electron chi connectivity index (χ1n) is 12.4. The Morgan fingerprint density at radius 3 is 2.42 bits per heavy atom. The van der Waals surface area contributed by atoms with E-state index in [0.717, 1.165) is 25.7 Å². The molecular formula is C29H31FN4O2. The maximum atomic E-state index is 14.3. The van der Waals surface area contributed by atoms with Gasteiger partial charge in [-0.3, -0.25) is 9.36 Å². The Balaban J connectivity index is 1.79. The third kappa shape index (κ3) is 5.46. The first-order chi connectivity index (χ1) is 17.5. The predicted molar refractivity (Wildman–Crippen MR) is 142 cm³/mol. The number of carbonyl (C=O) groups is 1. The van der Waals surface area contributed by atoms with Crippen LogP contribution in [0.3, 0.4) is 0 Å². The number of hydrogen-bond acceptors (Lipinski definition) is 3. The normalized spacial score (nSPS) is 11.9. The van der Waals surface area contributed by atoms with Crippen molar-refractivity contribution in [3.8, 4) is 5.69 Å². The van der Waals surface area contributed by atoms with Gasteiger partial charge in [0.1, 0.15) is 11.6 Å². The van der Waals surface area contributed by atoms with Gasteiger partial charge in [0.25, 0.3) is 5.56 Å². The Hall–Kier alpha value is -4.00. The number of aromatic nitrogens is 2. The van der Waals surface area contributed by atoms with Crippen molar-refractivity contribution in [1.29, 1.82) is 0 Å². The molecule has 0 spiro atoms. The lowest BCUT2D eigenvalue weighted by atomic mass is 10.1. The van der Waals surface area contributed by atoms with Crippen molar-refractivity contribution >= 4 is 22.6 Å². The first kappa shape index (κ1) is 25.1. The minimum atomic E-state index is -0.559. The number of rotatable bonds is 9. The average molecular weight is 487 g/mol. The number of anilines is 1. The highest BCUT2D eigenvalue weighted by Gasteiger charge is 2.27. The Kier molecular flexibility index (Phi) is 8.10. The minimum absolute atomic E-state index is 0.111. The van der Waals surface area contributed by atoms with Crippen LogP contribution in [-0.2, 0) is 0 Å². The van der Waals surface area contributed by atoms with E-state index in [-0.39, 0.29) is 11.2 Å². The molecule has 6 nitrogen and oxygen atoms in total. The van der Waals surface area contributed by atoms with Crippen LogP contribution in [-0.4, -0.2) is 27.0 Å². The third-order valence-corrected chi connectivity index (χ3v) is 6.29. The molecule has 4 aromatic rings. The molecule has 1 N–H and O–H groups in total. The summed E-state index contributed by atoms with van der Waals surface area (Å²) >= 11 is 0. The van der Waals surface area contributed by atoms with Crippen LogP contribution in [0.2, 0.25) is 0 Å². The molecule has 7 heteroatoms. The second kappa shape index (κ2) is 11.6. The van der Waals surface area contributed by atoms with Gasteiger partial charge in [0.05, 0.1) is 28.3 Å². The maximum absolute atomic E-state index is 14.3. The van der Waals surface area contributed by atoms with E-state index in [0.29, 0.717) is 29.0 Å². The molecule has 2 amide bonds. The minimum Gasteiger partial charge on any atom is -0.315 e. The van der Waals surface area contributed by atoms with Crippen LogP contribution in [0.5, 0.6) is 0 Å². The fourth-order valence-corrected chi connectivity index (χ4v) is 4.33. The monoisotopic (exact) mass is 486 g/mol. The Morgan fingerprint density at radius 1 is 0.972 bits per heavy atom. The molecule has 36 heavy (non-hydrogen) atoms. The highest BCUT2D eigenvalue weighted by atomic mass is 19.1. The largest absolute Gasteiger partial charge is 0.322 e. The van der Waals surface area contributed by atoms with Gasteiger partial charge in [0, 0.05) is 6.54 Å². The van der Waals surface area contributed by atoms with Crippen molar-refractivity contribution in [3.63, 3.8) is 0 Å². The molecule has 0 aliphatic rings. The number of carbonyl (C=O) groups excluding carboxylic acids is 1. The number of fused-ring (bicyclic) bond motifs is 1. The zero-order chi connectivity index (χ0) is 25.5. The SMILES string of the molecule is CCCCCCN(C(=O)Nc1ccccc1F)C(C)c1nc2ccccc2c(=O)n1-c1ccccc1. The van der Waals surface area contributed by atoms with Gasteiger partial charge < -0.3 is 10.2 Å². The lowest BCUT2D eigenvalue weighted by Crippen LogP contribution is -2.40. The summed E-state index contributed by atoms with van der Waals surface area (Å²) in [6.45, 7) is 4.43. The van der Waals surface area contributed by atoms with E-state index in [1.165, 1.54) is 12.1 Å².